The Morgan fingerprint density at radius 2 is 1.65 bits per heavy atom. The molecule has 1 amide bonds. The van der Waals surface area contributed by atoms with Gasteiger partial charge < -0.3 is 19.7 Å². The van der Waals surface area contributed by atoms with Crippen molar-refractivity contribution in [2.45, 2.75) is 32.5 Å². The van der Waals surface area contributed by atoms with Crippen molar-refractivity contribution in [2.75, 3.05) is 31.6 Å². The van der Waals surface area contributed by atoms with Crippen molar-refractivity contribution in [3.05, 3.63) is 72.3 Å². The largest absolute Gasteiger partial charge is 0.497 e. The molecule has 1 aromatic heterocycles. The molecule has 2 heterocycles. The van der Waals surface area contributed by atoms with Gasteiger partial charge in [0.2, 0.25) is 0 Å². The van der Waals surface area contributed by atoms with Crippen molar-refractivity contribution in [1.29, 1.82) is 5.26 Å². The maximum Gasteiger partial charge on any atom is 0.408 e. The van der Waals surface area contributed by atoms with Gasteiger partial charge in [0.25, 0.3) is 0 Å². The molecule has 9 heteroatoms. The average Bonchev–Trinajstić information content (AvgIpc) is 2.95. The van der Waals surface area contributed by atoms with E-state index in [1.165, 1.54) is 0 Å². The van der Waals surface area contributed by atoms with Crippen molar-refractivity contribution in [1.82, 2.24) is 20.6 Å². The first-order chi connectivity index (χ1) is 19.2. The van der Waals surface area contributed by atoms with Crippen LogP contribution in [0.15, 0.2) is 66.7 Å². The molecule has 4 aromatic rings. The zero-order valence-corrected chi connectivity index (χ0v) is 23.1. The van der Waals surface area contributed by atoms with E-state index >= 15 is 0 Å². The molecular formula is C31H32N6O3. The molecule has 2 N–H and O–H groups in total. The molecule has 0 spiro atoms. The molecule has 3 aromatic carbocycles. The maximum atomic E-state index is 12.3. The van der Waals surface area contributed by atoms with E-state index in [1.54, 1.807) is 19.2 Å². The van der Waals surface area contributed by atoms with E-state index in [0.29, 0.717) is 18.7 Å². The normalized spacial score (nSPS) is 15.4. The molecular weight excluding hydrogens is 504 g/mol. The molecule has 1 atom stereocenters. The van der Waals surface area contributed by atoms with E-state index in [1.807, 2.05) is 75.4 Å². The van der Waals surface area contributed by atoms with Crippen molar-refractivity contribution in [3.8, 4) is 34.3 Å². The third-order valence-electron chi connectivity index (χ3n) is 6.53. The number of nitrogens with zero attached hydrogens (tertiary/aromatic N) is 4. The lowest BCUT2D eigenvalue weighted by atomic mass is 10.0. The Morgan fingerprint density at radius 1 is 1.00 bits per heavy atom. The second-order valence-electron chi connectivity index (χ2n) is 10.6. The summed E-state index contributed by atoms with van der Waals surface area (Å²) in [5, 5.41) is 15.5. The number of hydrogen-bond donors (Lipinski definition) is 2. The molecule has 1 aliphatic rings. The number of carbonyl (C=O) groups excluding carboxylic acids is 1. The second-order valence-corrected chi connectivity index (χ2v) is 10.6. The first-order valence-corrected chi connectivity index (χ1v) is 13.2. The van der Waals surface area contributed by atoms with E-state index in [-0.39, 0.29) is 6.17 Å². The van der Waals surface area contributed by atoms with Crippen LogP contribution < -0.4 is 20.3 Å². The minimum absolute atomic E-state index is 0.253. The van der Waals surface area contributed by atoms with Crippen LogP contribution in [0.2, 0.25) is 0 Å². The van der Waals surface area contributed by atoms with Gasteiger partial charge in [-0.25, -0.2) is 14.8 Å². The zero-order valence-electron chi connectivity index (χ0n) is 23.1. The van der Waals surface area contributed by atoms with Crippen LogP contribution in [0.3, 0.4) is 0 Å². The SMILES string of the molecule is COc1ccc(-c2nc3ccc(N4CCNC(NC(=O)OC(C)(C)C)C4)cc3nc2-c2ccc(C#N)cc2)cc1. The Bertz CT molecular complexity index is 1560. The van der Waals surface area contributed by atoms with Gasteiger partial charge in [-0.05, 0) is 75.4 Å². The van der Waals surface area contributed by atoms with E-state index in [9.17, 15) is 10.1 Å². The predicted octanol–water partition coefficient (Wildman–Crippen LogP) is 5.10. The lowest BCUT2D eigenvalue weighted by Crippen LogP contribution is -2.59. The quantitative estimate of drug-likeness (QED) is 0.362. The summed E-state index contributed by atoms with van der Waals surface area (Å²) in [4.78, 5) is 24.6. The van der Waals surface area contributed by atoms with Crippen LogP contribution in [-0.4, -0.2) is 54.6 Å². The van der Waals surface area contributed by atoms with Crippen molar-refractivity contribution >= 4 is 22.8 Å². The molecule has 1 saturated heterocycles. The standard InChI is InChI=1S/C31H32N6O3/c1-31(2,3)40-30(38)36-27-19-37(16-15-33-27)23-11-14-25-26(17-23)35-29(21-7-5-20(18-32)6-8-21)28(34-25)22-9-12-24(39-4)13-10-22/h5-14,17,27,33H,15-16,19H2,1-4H3,(H,36,38). The van der Waals surface area contributed by atoms with Crippen molar-refractivity contribution < 1.29 is 14.3 Å². The Kier molecular flexibility index (Phi) is 7.54. The van der Waals surface area contributed by atoms with Crippen LogP contribution in [0.1, 0.15) is 26.3 Å². The Morgan fingerprint density at radius 3 is 2.27 bits per heavy atom. The fraction of sp³-hybridized carbons (Fsp3) is 0.290. The minimum atomic E-state index is -0.563. The number of fused-ring (bicyclic) bond motifs is 1. The zero-order chi connectivity index (χ0) is 28.3. The Balaban J connectivity index is 1.48. The van der Waals surface area contributed by atoms with Crippen LogP contribution in [0.25, 0.3) is 33.5 Å². The molecule has 0 aliphatic carbocycles. The van der Waals surface area contributed by atoms with E-state index in [4.69, 9.17) is 19.4 Å². The van der Waals surface area contributed by atoms with E-state index in [2.05, 4.69) is 21.6 Å². The lowest BCUT2D eigenvalue weighted by Gasteiger charge is -2.35. The summed E-state index contributed by atoms with van der Waals surface area (Å²) in [5.41, 5.74) is 5.79. The average molecular weight is 537 g/mol. The molecule has 204 valence electrons. The second kappa shape index (κ2) is 11.2. The highest BCUT2D eigenvalue weighted by atomic mass is 16.6. The summed E-state index contributed by atoms with van der Waals surface area (Å²) < 4.78 is 10.7. The highest BCUT2D eigenvalue weighted by Gasteiger charge is 2.24. The van der Waals surface area contributed by atoms with Crippen LogP contribution in [0, 0.1) is 11.3 Å². The van der Waals surface area contributed by atoms with Crippen LogP contribution in [0.4, 0.5) is 10.5 Å². The number of alkyl carbamates (subject to hydrolysis) is 1. The number of amides is 1. The van der Waals surface area contributed by atoms with Gasteiger partial charge in [-0.3, -0.25) is 5.32 Å². The van der Waals surface area contributed by atoms with Gasteiger partial charge in [-0.2, -0.15) is 5.26 Å². The van der Waals surface area contributed by atoms with E-state index in [0.717, 1.165) is 51.5 Å². The number of anilines is 1. The number of carbonyl (C=O) groups is 1. The molecule has 5 rings (SSSR count). The fourth-order valence-corrected chi connectivity index (χ4v) is 4.62. The van der Waals surface area contributed by atoms with Gasteiger partial charge in [0, 0.05) is 29.9 Å². The van der Waals surface area contributed by atoms with Crippen molar-refractivity contribution in [2.24, 2.45) is 0 Å². The molecule has 1 unspecified atom stereocenters. The molecule has 1 aliphatic heterocycles. The lowest BCUT2D eigenvalue weighted by molar-refractivity contribution is 0.0493. The van der Waals surface area contributed by atoms with Crippen molar-refractivity contribution in [3.63, 3.8) is 0 Å². The van der Waals surface area contributed by atoms with Crippen LogP contribution >= 0.6 is 0 Å². The van der Waals surface area contributed by atoms with Gasteiger partial charge in [0.15, 0.2) is 0 Å². The summed E-state index contributed by atoms with van der Waals surface area (Å²) in [5.74, 6) is 0.762. The van der Waals surface area contributed by atoms with Crippen LogP contribution in [-0.2, 0) is 4.74 Å². The number of nitriles is 1. The number of hydrogen-bond acceptors (Lipinski definition) is 8. The van der Waals surface area contributed by atoms with Gasteiger partial charge >= 0.3 is 6.09 Å². The highest BCUT2D eigenvalue weighted by Crippen LogP contribution is 2.33. The Hall–Kier alpha value is -4.68. The monoisotopic (exact) mass is 536 g/mol. The number of aromatic nitrogens is 2. The number of benzene rings is 3. The fourth-order valence-electron chi connectivity index (χ4n) is 4.62. The van der Waals surface area contributed by atoms with Gasteiger partial charge in [-0.1, -0.05) is 12.1 Å². The van der Waals surface area contributed by atoms with E-state index < -0.39 is 11.7 Å². The topological polar surface area (TPSA) is 112 Å². The summed E-state index contributed by atoms with van der Waals surface area (Å²) >= 11 is 0. The summed E-state index contributed by atoms with van der Waals surface area (Å²) in [7, 11) is 1.64. The predicted molar refractivity (Wildman–Crippen MR) is 155 cm³/mol. The maximum absolute atomic E-state index is 12.3. The number of rotatable bonds is 5. The number of methoxy groups -OCH3 is 1. The van der Waals surface area contributed by atoms with Gasteiger partial charge in [-0.15, -0.1) is 0 Å². The summed E-state index contributed by atoms with van der Waals surface area (Å²) in [6.45, 7) is 7.58. The molecule has 0 bridgehead atoms. The Labute approximate surface area is 233 Å². The van der Waals surface area contributed by atoms with Crippen LogP contribution in [0.5, 0.6) is 5.75 Å². The molecule has 1 fully saturated rings. The number of nitrogens with one attached hydrogen (secondary N) is 2. The summed E-state index contributed by atoms with van der Waals surface area (Å²) in [6.07, 6.45) is -0.702. The third kappa shape index (κ3) is 6.14. The smallest absolute Gasteiger partial charge is 0.408 e. The third-order valence-corrected chi connectivity index (χ3v) is 6.53. The molecule has 0 saturated carbocycles. The molecule has 9 nitrogen and oxygen atoms in total. The van der Waals surface area contributed by atoms with Gasteiger partial charge in [0.1, 0.15) is 17.5 Å². The number of ether oxygens (including phenoxy) is 2. The molecule has 0 radical (unpaired) electrons. The first kappa shape index (κ1) is 26.9. The van der Waals surface area contributed by atoms with Gasteiger partial charge in [0.05, 0.1) is 47.7 Å². The highest BCUT2D eigenvalue weighted by molar-refractivity contribution is 5.88. The molecule has 40 heavy (non-hydrogen) atoms. The summed E-state index contributed by atoms with van der Waals surface area (Å²) in [6, 6.07) is 23.3. The minimum Gasteiger partial charge on any atom is -0.497 e. The number of piperazine rings is 1. The first-order valence-electron chi connectivity index (χ1n) is 13.2.